The van der Waals surface area contributed by atoms with Crippen LogP contribution in [0.25, 0.3) is 0 Å². The first-order valence-corrected chi connectivity index (χ1v) is 7.47. The zero-order chi connectivity index (χ0) is 14.0. The van der Waals surface area contributed by atoms with E-state index >= 15 is 0 Å². The lowest BCUT2D eigenvalue weighted by Crippen LogP contribution is -2.21. The van der Waals surface area contributed by atoms with Crippen LogP contribution in [0.3, 0.4) is 0 Å². The molecule has 0 spiro atoms. The van der Waals surface area contributed by atoms with Gasteiger partial charge in [0, 0.05) is 8.95 Å². The molecule has 2 atom stereocenters. The Kier molecular flexibility index (Phi) is 4.62. The van der Waals surface area contributed by atoms with Crippen molar-refractivity contribution in [1.29, 1.82) is 0 Å². The van der Waals surface area contributed by atoms with Crippen LogP contribution in [0.4, 0.5) is 5.69 Å². The number of carbonyl (C=O) groups excluding carboxylic acids is 2. The Morgan fingerprint density at radius 3 is 2.68 bits per heavy atom. The zero-order valence-corrected chi connectivity index (χ0v) is 13.5. The predicted octanol–water partition coefficient (Wildman–Crippen LogP) is 3.35. The fraction of sp³-hybridized carbons (Fsp3) is 0.385. The van der Waals surface area contributed by atoms with Gasteiger partial charge in [-0.3, -0.25) is 9.59 Å². The number of benzene rings is 1. The molecule has 0 heterocycles. The van der Waals surface area contributed by atoms with Gasteiger partial charge in [-0.15, -0.1) is 0 Å². The number of carbonyl (C=O) groups is 2. The molecule has 0 radical (unpaired) electrons. The molecule has 19 heavy (non-hydrogen) atoms. The van der Waals surface area contributed by atoms with Crippen molar-refractivity contribution in [1.82, 2.24) is 0 Å². The maximum absolute atomic E-state index is 11.7. The van der Waals surface area contributed by atoms with Crippen molar-refractivity contribution in [3.05, 3.63) is 27.1 Å². The van der Waals surface area contributed by atoms with Gasteiger partial charge in [0.25, 0.3) is 5.91 Å². The molecular formula is C13H13Br2NO3. The maximum Gasteiger partial charge on any atom is 0.309 e. The van der Waals surface area contributed by atoms with Gasteiger partial charge >= 0.3 is 5.97 Å². The van der Waals surface area contributed by atoms with Crippen LogP contribution in [-0.2, 0) is 14.3 Å². The molecule has 1 aromatic rings. The predicted molar refractivity (Wildman–Crippen MR) is 78.7 cm³/mol. The number of amides is 1. The Balaban J connectivity index is 1.82. The lowest BCUT2D eigenvalue weighted by atomic mass is 10.3. The van der Waals surface area contributed by atoms with Crippen molar-refractivity contribution in [3.8, 4) is 0 Å². The van der Waals surface area contributed by atoms with Gasteiger partial charge in [-0.1, -0.05) is 22.9 Å². The number of esters is 1. The summed E-state index contributed by atoms with van der Waals surface area (Å²) in [4.78, 5) is 23.1. The standard InChI is InChI=1S/C13H13Br2NO3/c1-7-4-9(7)13(18)19-6-12(17)16-11-3-2-8(14)5-10(11)15/h2-3,5,7,9H,4,6H2,1H3,(H,16,17)/t7-,9-/m0/s1. The third kappa shape index (κ3) is 4.04. The SMILES string of the molecule is C[C@H]1C[C@@H]1C(=O)OCC(=O)Nc1ccc(Br)cc1Br. The smallest absolute Gasteiger partial charge is 0.309 e. The summed E-state index contributed by atoms with van der Waals surface area (Å²) in [5.41, 5.74) is 0.643. The lowest BCUT2D eigenvalue weighted by molar-refractivity contribution is -0.148. The number of hydrogen-bond acceptors (Lipinski definition) is 3. The van der Waals surface area contributed by atoms with Crippen LogP contribution >= 0.6 is 31.9 Å². The van der Waals surface area contributed by atoms with Gasteiger partial charge in [-0.05, 0) is 46.5 Å². The number of ether oxygens (including phenoxy) is 1. The minimum Gasteiger partial charge on any atom is -0.455 e. The van der Waals surface area contributed by atoms with Gasteiger partial charge in [0.15, 0.2) is 6.61 Å². The summed E-state index contributed by atoms with van der Waals surface area (Å²) in [6.07, 6.45) is 0.860. The van der Waals surface area contributed by atoms with Gasteiger partial charge in [-0.2, -0.15) is 0 Å². The minimum atomic E-state index is -0.343. The van der Waals surface area contributed by atoms with Crippen molar-refractivity contribution in [2.45, 2.75) is 13.3 Å². The van der Waals surface area contributed by atoms with Crippen molar-refractivity contribution in [3.63, 3.8) is 0 Å². The van der Waals surface area contributed by atoms with E-state index in [0.29, 0.717) is 11.6 Å². The molecule has 0 bridgehead atoms. The Labute approximate surface area is 128 Å². The fourth-order valence-corrected chi connectivity index (χ4v) is 2.82. The number of rotatable bonds is 4. The largest absolute Gasteiger partial charge is 0.455 e. The second-order valence-electron chi connectivity index (χ2n) is 4.60. The van der Waals surface area contributed by atoms with Crippen molar-refractivity contribution in [2.24, 2.45) is 11.8 Å². The molecule has 1 amide bonds. The van der Waals surface area contributed by atoms with Crippen LogP contribution in [-0.4, -0.2) is 18.5 Å². The molecule has 0 saturated heterocycles. The Bertz CT molecular complexity index is 519. The van der Waals surface area contributed by atoms with Crippen molar-refractivity contribution >= 4 is 49.4 Å². The molecule has 1 aromatic carbocycles. The number of anilines is 1. The minimum absolute atomic E-state index is 0.0211. The Hall–Kier alpha value is -0.880. The first kappa shape index (κ1) is 14.5. The highest BCUT2D eigenvalue weighted by Gasteiger charge is 2.40. The molecule has 0 unspecified atom stereocenters. The molecule has 1 fully saturated rings. The van der Waals surface area contributed by atoms with Crippen LogP contribution in [0.2, 0.25) is 0 Å². The normalized spacial score (nSPS) is 20.8. The molecule has 0 aliphatic heterocycles. The molecule has 0 aromatic heterocycles. The Morgan fingerprint density at radius 1 is 1.42 bits per heavy atom. The topological polar surface area (TPSA) is 55.4 Å². The van der Waals surface area contributed by atoms with Gasteiger partial charge in [0.1, 0.15) is 0 Å². The molecule has 6 heteroatoms. The molecule has 2 rings (SSSR count). The third-order valence-corrected chi connectivity index (χ3v) is 4.11. The quantitative estimate of drug-likeness (QED) is 0.802. The summed E-state index contributed by atoms with van der Waals surface area (Å²) in [7, 11) is 0. The summed E-state index contributed by atoms with van der Waals surface area (Å²) < 4.78 is 6.63. The van der Waals surface area contributed by atoms with Crippen molar-refractivity contribution < 1.29 is 14.3 Å². The first-order chi connectivity index (χ1) is 8.97. The van der Waals surface area contributed by atoms with E-state index in [1.165, 1.54) is 0 Å². The van der Waals surface area contributed by atoms with Crippen LogP contribution in [0, 0.1) is 11.8 Å². The van der Waals surface area contributed by atoms with E-state index in [2.05, 4.69) is 37.2 Å². The van der Waals surface area contributed by atoms with Crippen molar-refractivity contribution in [2.75, 3.05) is 11.9 Å². The maximum atomic E-state index is 11.7. The summed E-state index contributed by atoms with van der Waals surface area (Å²) in [5.74, 6) is -0.259. The van der Waals surface area contributed by atoms with Gasteiger partial charge < -0.3 is 10.1 Å². The summed E-state index contributed by atoms with van der Waals surface area (Å²) in [6, 6.07) is 5.41. The van der Waals surface area contributed by atoms with Gasteiger partial charge in [0.05, 0.1) is 11.6 Å². The molecule has 102 valence electrons. The molecule has 4 nitrogen and oxygen atoms in total. The third-order valence-electron chi connectivity index (χ3n) is 2.96. The van der Waals surface area contributed by atoms with E-state index in [1.807, 2.05) is 19.1 Å². The van der Waals surface area contributed by atoms with Crippen LogP contribution in [0.1, 0.15) is 13.3 Å². The van der Waals surface area contributed by atoms with E-state index in [-0.39, 0.29) is 24.4 Å². The molecule has 1 aliphatic rings. The fourth-order valence-electron chi connectivity index (χ4n) is 1.67. The number of nitrogens with one attached hydrogen (secondary N) is 1. The van der Waals surface area contributed by atoms with Crippen LogP contribution < -0.4 is 5.32 Å². The molecule has 1 aliphatic carbocycles. The summed E-state index contributed by atoms with van der Waals surface area (Å²) in [5, 5.41) is 2.68. The highest BCUT2D eigenvalue weighted by atomic mass is 79.9. The van der Waals surface area contributed by atoms with Crippen LogP contribution in [0.5, 0.6) is 0 Å². The average Bonchev–Trinajstić information content (AvgIpc) is 3.07. The van der Waals surface area contributed by atoms with E-state index < -0.39 is 0 Å². The highest BCUT2D eigenvalue weighted by molar-refractivity contribution is 9.11. The highest BCUT2D eigenvalue weighted by Crippen LogP contribution is 2.38. The first-order valence-electron chi connectivity index (χ1n) is 5.89. The van der Waals surface area contributed by atoms with E-state index in [0.717, 1.165) is 15.4 Å². The van der Waals surface area contributed by atoms with Gasteiger partial charge in [-0.25, -0.2) is 0 Å². The van der Waals surface area contributed by atoms with E-state index in [1.54, 1.807) is 6.07 Å². The molecule has 1 saturated carbocycles. The zero-order valence-electron chi connectivity index (χ0n) is 10.3. The van der Waals surface area contributed by atoms with E-state index in [4.69, 9.17) is 4.74 Å². The van der Waals surface area contributed by atoms with Crippen LogP contribution in [0.15, 0.2) is 27.1 Å². The number of hydrogen-bond donors (Lipinski definition) is 1. The van der Waals surface area contributed by atoms with Gasteiger partial charge in [0.2, 0.25) is 0 Å². The number of halogens is 2. The monoisotopic (exact) mass is 389 g/mol. The lowest BCUT2D eigenvalue weighted by Gasteiger charge is -2.08. The van der Waals surface area contributed by atoms with E-state index in [9.17, 15) is 9.59 Å². The average molecular weight is 391 g/mol. The molecule has 1 N–H and O–H groups in total. The second-order valence-corrected chi connectivity index (χ2v) is 6.37. The summed E-state index contributed by atoms with van der Waals surface area (Å²) >= 11 is 6.67. The summed E-state index contributed by atoms with van der Waals surface area (Å²) in [6.45, 7) is 1.75. The second kappa shape index (κ2) is 6.05. The Morgan fingerprint density at radius 2 is 2.11 bits per heavy atom. The molecular weight excluding hydrogens is 378 g/mol.